The minimum Gasteiger partial charge on any atom is -0.383 e. The van der Waals surface area contributed by atoms with E-state index < -0.39 is 5.60 Å². The van der Waals surface area contributed by atoms with Crippen LogP contribution in [0.2, 0.25) is 5.02 Å². The van der Waals surface area contributed by atoms with Crippen LogP contribution >= 0.6 is 11.6 Å². The number of halogens is 1. The Hall–Kier alpha value is -1.88. The molecule has 3 aromatic rings. The molecule has 5 rings (SSSR count). The number of aliphatic hydroxyl groups is 1. The van der Waals surface area contributed by atoms with E-state index in [2.05, 4.69) is 46.7 Å². The van der Waals surface area contributed by atoms with Gasteiger partial charge in [-0.2, -0.15) is 0 Å². The third-order valence-corrected chi connectivity index (χ3v) is 7.25. The van der Waals surface area contributed by atoms with Gasteiger partial charge >= 0.3 is 0 Å². The molecule has 1 unspecified atom stereocenters. The van der Waals surface area contributed by atoms with Gasteiger partial charge in [0, 0.05) is 30.7 Å². The molecule has 0 saturated carbocycles. The van der Waals surface area contributed by atoms with Crippen LogP contribution in [0, 0.1) is 12.8 Å². The first kappa shape index (κ1) is 21.0. The maximum atomic E-state index is 10.8. The standard InChI is InChI=1S/C26H32ClN3O/c1-17-4-7-24-23(12-17)28-25(26(2,3)31)30(24)22-8-10-29(11-9-22)16-18-13-19-5-6-21(27)15-20(19)14-18/h4-7,12,15,18,22,31H,8-11,13-14,16H2,1-3H3. The summed E-state index contributed by atoms with van der Waals surface area (Å²) in [6.07, 6.45) is 4.49. The van der Waals surface area contributed by atoms with E-state index in [1.807, 2.05) is 19.9 Å². The van der Waals surface area contributed by atoms with Crippen LogP contribution in [0.25, 0.3) is 11.0 Å². The lowest BCUT2D eigenvalue weighted by molar-refractivity contribution is 0.0603. The van der Waals surface area contributed by atoms with E-state index in [1.165, 1.54) is 23.1 Å². The minimum atomic E-state index is -0.957. The van der Waals surface area contributed by atoms with Gasteiger partial charge in [-0.05, 0) is 93.3 Å². The number of hydrogen-bond donors (Lipinski definition) is 1. The van der Waals surface area contributed by atoms with Crippen molar-refractivity contribution in [3.63, 3.8) is 0 Å². The van der Waals surface area contributed by atoms with Gasteiger partial charge in [-0.15, -0.1) is 0 Å². The first-order chi connectivity index (χ1) is 14.8. The Morgan fingerprint density at radius 2 is 1.81 bits per heavy atom. The van der Waals surface area contributed by atoms with Gasteiger partial charge in [-0.1, -0.05) is 23.7 Å². The predicted octanol–water partition coefficient (Wildman–Crippen LogP) is 5.28. The van der Waals surface area contributed by atoms with E-state index in [-0.39, 0.29) is 0 Å². The van der Waals surface area contributed by atoms with E-state index in [0.29, 0.717) is 12.0 Å². The zero-order chi connectivity index (χ0) is 21.8. The Kier molecular flexibility index (Phi) is 5.36. The molecule has 1 fully saturated rings. The zero-order valence-electron chi connectivity index (χ0n) is 18.7. The van der Waals surface area contributed by atoms with Crippen molar-refractivity contribution < 1.29 is 5.11 Å². The van der Waals surface area contributed by atoms with E-state index in [9.17, 15) is 5.11 Å². The van der Waals surface area contributed by atoms with Crippen LogP contribution in [0.4, 0.5) is 0 Å². The van der Waals surface area contributed by atoms with Crippen molar-refractivity contribution in [1.82, 2.24) is 14.5 Å². The highest BCUT2D eigenvalue weighted by molar-refractivity contribution is 6.30. The molecule has 1 N–H and O–H groups in total. The molecule has 5 heteroatoms. The number of nitrogens with zero attached hydrogens (tertiary/aromatic N) is 3. The van der Waals surface area contributed by atoms with Gasteiger partial charge in [0.25, 0.3) is 0 Å². The molecule has 2 aromatic carbocycles. The van der Waals surface area contributed by atoms with Gasteiger partial charge < -0.3 is 14.6 Å². The fourth-order valence-corrected chi connectivity index (χ4v) is 5.74. The Labute approximate surface area is 189 Å². The molecular weight excluding hydrogens is 406 g/mol. The quantitative estimate of drug-likeness (QED) is 0.603. The van der Waals surface area contributed by atoms with Crippen LogP contribution in [-0.2, 0) is 18.4 Å². The molecular formula is C26H32ClN3O. The second-order valence-electron chi connectivity index (χ2n) is 10.1. The van der Waals surface area contributed by atoms with Crippen molar-refractivity contribution in [1.29, 1.82) is 0 Å². The lowest BCUT2D eigenvalue weighted by Crippen LogP contribution is -2.39. The maximum Gasteiger partial charge on any atom is 0.141 e. The topological polar surface area (TPSA) is 41.3 Å². The van der Waals surface area contributed by atoms with Crippen LogP contribution in [0.3, 0.4) is 0 Å². The first-order valence-electron chi connectivity index (χ1n) is 11.5. The number of piperidine rings is 1. The van der Waals surface area contributed by atoms with E-state index in [4.69, 9.17) is 16.6 Å². The monoisotopic (exact) mass is 437 g/mol. The second kappa shape index (κ2) is 7.91. The number of hydrogen-bond acceptors (Lipinski definition) is 3. The lowest BCUT2D eigenvalue weighted by Gasteiger charge is -2.35. The Morgan fingerprint density at radius 1 is 1.06 bits per heavy atom. The summed E-state index contributed by atoms with van der Waals surface area (Å²) in [4.78, 5) is 7.47. The van der Waals surface area contributed by atoms with Gasteiger partial charge in [-0.3, -0.25) is 0 Å². The van der Waals surface area contributed by atoms with E-state index in [1.54, 1.807) is 0 Å². The number of aryl methyl sites for hydroxylation is 1. The normalized spacial score (nSPS) is 20.5. The van der Waals surface area contributed by atoms with Crippen LogP contribution in [0.15, 0.2) is 36.4 Å². The molecule has 0 radical (unpaired) electrons. The van der Waals surface area contributed by atoms with E-state index >= 15 is 0 Å². The maximum absolute atomic E-state index is 10.8. The molecule has 0 bridgehead atoms. The summed E-state index contributed by atoms with van der Waals surface area (Å²) in [5.41, 5.74) is 5.28. The average Bonchev–Trinajstić information content (AvgIpc) is 3.28. The summed E-state index contributed by atoms with van der Waals surface area (Å²) >= 11 is 6.19. The summed E-state index contributed by atoms with van der Waals surface area (Å²) < 4.78 is 2.32. The largest absolute Gasteiger partial charge is 0.383 e. The van der Waals surface area contributed by atoms with Crippen molar-refractivity contribution >= 4 is 22.6 Å². The molecule has 1 atom stereocenters. The number of likely N-dealkylation sites (tertiary alicyclic amines) is 1. The highest BCUT2D eigenvalue weighted by Crippen LogP contribution is 2.35. The van der Waals surface area contributed by atoms with Crippen LogP contribution in [0.5, 0.6) is 0 Å². The molecule has 0 amide bonds. The van der Waals surface area contributed by atoms with Crippen LogP contribution in [0.1, 0.15) is 55.2 Å². The van der Waals surface area contributed by atoms with Gasteiger partial charge in [0.15, 0.2) is 0 Å². The highest BCUT2D eigenvalue weighted by Gasteiger charge is 2.31. The fraction of sp³-hybridized carbons (Fsp3) is 0.500. The molecule has 31 heavy (non-hydrogen) atoms. The molecule has 2 aliphatic rings. The van der Waals surface area contributed by atoms with Crippen LogP contribution < -0.4 is 0 Å². The lowest BCUT2D eigenvalue weighted by atomic mass is 9.99. The number of rotatable bonds is 4. The molecule has 1 aliphatic heterocycles. The summed E-state index contributed by atoms with van der Waals surface area (Å²) in [7, 11) is 0. The Bertz CT molecular complexity index is 1110. The molecule has 1 aromatic heterocycles. The Morgan fingerprint density at radius 3 is 2.55 bits per heavy atom. The summed E-state index contributed by atoms with van der Waals surface area (Å²) in [5.74, 6) is 1.48. The van der Waals surface area contributed by atoms with Gasteiger partial charge in [0.2, 0.25) is 0 Å². The number of aromatic nitrogens is 2. The van der Waals surface area contributed by atoms with Gasteiger partial charge in [-0.25, -0.2) is 4.98 Å². The molecule has 0 spiro atoms. The fourth-order valence-electron chi connectivity index (χ4n) is 5.54. The van der Waals surface area contributed by atoms with Crippen molar-refractivity contribution in [2.45, 2.75) is 58.1 Å². The van der Waals surface area contributed by atoms with Gasteiger partial charge in [0.1, 0.15) is 11.4 Å². The minimum absolute atomic E-state index is 0.380. The summed E-state index contributed by atoms with van der Waals surface area (Å²) in [6, 6.07) is 13.2. The predicted molar refractivity (Wildman–Crippen MR) is 127 cm³/mol. The first-order valence-corrected chi connectivity index (χ1v) is 11.9. The smallest absolute Gasteiger partial charge is 0.141 e. The molecule has 4 nitrogen and oxygen atoms in total. The van der Waals surface area contributed by atoms with Gasteiger partial charge in [0.05, 0.1) is 11.0 Å². The summed E-state index contributed by atoms with van der Waals surface area (Å²) in [5, 5.41) is 11.7. The van der Waals surface area contributed by atoms with Crippen molar-refractivity contribution in [2.24, 2.45) is 5.92 Å². The molecule has 1 aliphatic carbocycles. The highest BCUT2D eigenvalue weighted by atomic mass is 35.5. The summed E-state index contributed by atoms with van der Waals surface area (Å²) in [6.45, 7) is 9.12. The molecule has 164 valence electrons. The van der Waals surface area contributed by atoms with Crippen molar-refractivity contribution in [3.8, 4) is 0 Å². The van der Waals surface area contributed by atoms with Crippen molar-refractivity contribution in [3.05, 3.63) is 63.9 Å². The molecule has 1 saturated heterocycles. The number of fused-ring (bicyclic) bond motifs is 2. The molecule has 2 heterocycles. The van der Waals surface area contributed by atoms with Crippen LogP contribution in [-0.4, -0.2) is 39.2 Å². The SMILES string of the molecule is Cc1ccc2c(c1)nc(C(C)(C)O)n2C1CCN(CC2Cc3ccc(Cl)cc3C2)CC1. The van der Waals surface area contributed by atoms with Crippen molar-refractivity contribution in [2.75, 3.05) is 19.6 Å². The Balaban J connectivity index is 1.29. The zero-order valence-corrected chi connectivity index (χ0v) is 19.5. The number of imidazole rings is 1. The second-order valence-corrected chi connectivity index (χ2v) is 10.5. The third-order valence-electron chi connectivity index (χ3n) is 7.02. The number of benzene rings is 2. The van der Waals surface area contributed by atoms with E-state index in [0.717, 1.165) is 60.8 Å². The average molecular weight is 438 g/mol. The third kappa shape index (κ3) is 4.13.